The molecule has 1 atom stereocenters. The second-order valence-electron chi connectivity index (χ2n) is 4.17. The minimum absolute atomic E-state index is 0.107. The second kappa shape index (κ2) is 7.07. The summed E-state index contributed by atoms with van der Waals surface area (Å²) in [5.74, 6) is -0.760. The molecule has 17 heavy (non-hydrogen) atoms. The van der Waals surface area contributed by atoms with E-state index in [0.717, 1.165) is 19.4 Å². The van der Waals surface area contributed by atoms with Crippen LogP contribution in [-0.4, -0.2) is 29.1 Å². The van der Waals surface area contributed by atoms with Crippen molar-refractivity contribution in [2.75, 3.05) is 13.1 Å². The van der Waals surface area contributed by atoms with Crippen LogP contribution in [0.1, 0.15) is 38.3 Å². The molecule has 0 aliphatic heterocycles. The highest BCUT2D eigenvalue weighted by Gasteiger charge is 2.19. The molecule has 0 amide bonds. The summed E-state index contributed by atoms with van der Waals surface area (Å²) in [7, 11) is 0. The highest BCUT2D eigenvalue weighted by Crippen LogP contribution is 2.25. The van der Waals surface area contributed by atoms with Gasteiger partial charge in [-0.05, 0) is 18.5 Å². The zero-order valence-corrected chi connectivity index (χ0v) is 10.6. The van der Waals surface area contributed by atoms with Crippen molar-refractivity contribution in [3.05, 3.63) is 35.9 Å². The van der Waals surface area contributed by atoms with Gasteiger partial charge in [0.05, 0.1) is 6.54 Å². The van der Waals surface area contributed by atoms with Gasteiger partial charge in [0, 0.05) is 6.04 Å². The number of benzene rings is 1. The number of carboxylic acid groups (broad SMARTS) is 1. The van der Waals surface area contributed by atoms with E-state index in [1.807, 2.05) is 30.0 Å². The summed E-state index contributed by atoms with van der Waals surface area (Å²) in [6, 6.07) is 10.4. The van der Waals surface area contributed by atoms with Gasteiger partial charge in [-0.3, -0.25) is 9.69 Å². The number of carbonyl (C=O) groups is 1. The molecule has 1 aromatic rings. The number of likely N-dealkylation sites (N-methyl/N-ethyl adjacent to an activating group) is 1. The summed E-state index contributed by atoms with van der Waals surface area (Å²) in [4.78, 5) is 12.9. The topological polar surface area (TPSA) is 40.5 Å². The smallest absolute Gasteiger partial charge is 0.317 e. The van der Waals surface area contributed by atoms with Gasteiger partial charge in [0.25, 0.3) is 0 Å². The summed E-state index contributed by atoms with van der Waals surface area (Å²) >= 11 is 0. The van der Waals surface area contributed by atoms with E-state index in [2.05, 4.69) is 19.1 Å². The van der Waals surface area contributed by atoms with E-state index in [-0.39, 0.29) is 12.6 Å². The van der Waals surface area contributed by atoms with Gasteiger partial charge >= 0.3 is 5.97 Å². The number of aliphatic carboxylic acids is 1. The van der Waals surface area contributed by atoms with Crippen LogP contribution in [0.5, 0.6) is 0 Å². The number of nitrogens with zero attached hydrogens (tertiary/aromatic N) is 1. The molecule has 0 saturated carbocycles. The molecule has 0 aliphatic rings. The maximum absolute atomic E-state index is 10.9. The minimum atomic E-state index is -0.760. The van der Waals surface area contributed by atoms with Gasteiger partial charge in [-0.25, -0.2) is 0 Å². The Kier molecular flexibility index (Phi) is 5.70. The maximum Gasteiger partial charge on any atom is 0.317 e. The largest absolute Gasteiger partial charge is 0.480 e. The van der Waals surface area contributed by atoms with Crippen LogP contribution >= 0.6 is 0 Å². The molecular weight excluding hydrogens is 214 g/mol. The van der Waals surface area contributed by atoms with Gasteiger partial charge in [0.15, 0.2) is 0 Å². The summed E-state index contributed by atoms with van der Waals surface area (Å²) < 4.78 is 0. The number of rotatable bonds is 7. The molecule has 3 nitrogen and oxygen atoms in total. The lowest BCUT2D eigenvalue weighted by atomic mass is 10.0. The maximum atomic E-state index is 10.9. The molecule has 0 bridgehead atoms. The van der Waals surface area contributed by atoms with Crippen LogP contribution in [-0.2, 0) is 4.79 Å². The molecule has 0 saturated heterocycles. The van der Waals surface area contributed by atoms with Gasteiger partial charge in [0.2, 0.25) is 0 Å². The fourth-order valence-electron chi connectivity index (χ4n) is 2.12. The molecule has 0 aromatic heterocycles. The van der Waals surface area contributed by atoms with Crippen molar-refractivity contribution in [2.45, 2.75) is 32.7 Å². The zero-order chi connectivity index (χ0) is 12.7. The van der Waals surface area contributed by atoms with E-state index in [4.69, 9.17) is 5.11 Å². The first kappa shape index (κ1) is 13.7. The number of carboxylic acids is 1. The second-order valence-corrected chi connectivity index (χ2v) is 4.17. The van der Waals surface area contributed by atoms with Crippen molar-refractivity contribution < 1.29 is 9.90 Å². The van der Waals surface area contributed by atoms with E-state index >= 15 is 0 Å². The van der Waals surface area contributed by atoms with Crippen LogP contribution < -0.4 is 0 Å². The highest BCUT2D eigenvalue weighted by atomic mass is 16.4. The van der Waals surface area contributed by atoms with Crippen LogP contribution in [0.2, 0.25) is 0 Å². The first-order valence-corrected chi connectivity index (χ1v) is 6.19. The Morgan fingerprint density at radius 3 is 2.41 bits per heavy atom. The predicted molar refractivity (Wildman–Crippen MR) is 69.0 cm³/mol. The summed E-state index contributed by atoms with van der Waals surface area (Å²) in [5, 5.41) is 8.94. The third-order valence-corrected chi connectivity index (χ3v) is 2.93. The average molecular weight is 235 g/mol. The Hall–Kier alpha value is -1.35. The molecule has 94 valence electrons. The van der Waals surface area contributed by atoms with Gasteiger partial charge in [0.1, 0.15) is 0 Å². The van der Waals surface area contributed by atoms with Crippen LogP contribution in [0.3, 0.4) is 0 Å². The average Bonchev–Trinajstić information content (AvgIpc) is 2.34. The molecule has 1 N–H and O–H groups in total. The number of hydrogen-bond acceptors (Lipinski definition) is 2. The van der Waals surface area contributed by atoms with Crippen molar-refractivity contribution >= 4 is 5.97 Å². The van der Waals surface area contributed by atoms with Gasteiger partial charge in [-0.15, -0.1) is 0 Å². The lowest BCUT2D eigenvalue weighted by Crippen LogP contribution is -2.33. The zero-order valence-electron chi connectivity index (χ0n) is 10.6. The molecule has 1 unspecified atom stereocenters. The van der Waals surface area contributed by atoms with Crippen LogP contribution in [0.4, 0.5) is 0 Å². The quantitative estimate of drug-likeness (QED) is 0.790. The SMILES string of the molecule is CCCC(c1ccccc1)N(CC)CC(=O)O. The van der Waals surface area contributed by atoms with E-state index in [9.17, 15) is 4.79 Å². The minimum Gasteiger partial charge on any atom is -0.480 e. The first-order chi connectivity index (χ1) is 8.19. The molecule has 0 aliphatic carbocycles. The molecule has 3 heteroatoms. The van der Waals surface area contributed by atoms with Crippen molar-refractivity contribution in [1.29, 1.82) is 0 Å². The van der Waals surface area contributed by atoms with Crippen LogP contribution in [0, 0.1) is 0 Å². The van der Waals surface area contributed by atoms with E-state index in [0.29, 0.717) is 0 Å². The molecule has 0 heterocycles. The van der Waals surface area contributed by atoms with Gasteiger partial charge in [-0.1, -0.05) is 50.6 Å². The Labute approximate surface area is 103 Å². The van der Waals surface area contributed by atoms with Crippen LogP contribution in [0.15, 0.2) is 30.3 Å². The lowest BCUT2D eigenvalue weighted by Gasteiger charge is -2.29. The number of hydrogen-bond donors (Lipinski definition) is 1. The van der Waals surface area contributed by atoms with Gasteiger partial charge in [-0.2, -0.15) is 0 Å². The standard InChI is InChI=1S/C14H21NO2/c1-3-8-13(12-9-6-5-7-10-12)15(4-2)11-14(16)17/h5-7,9-10,13H,3-4,8,11H2,1-2H3,(H,16,17). The molecule has 0 fully saturated rings. The Bertz CT molecular complexity index is 337. The van der Waals surface area contributed by atoms with E-state index in [1.165, 1.54) is 5.56 Å². The van der Waals surface area contributed by atoms with E-state index in [1.54, 1.807) is 0 Å². The monoisotopic (exact) mass is 235 g/mol. The van der Waals surface area contributed by atoms with Crippen molar-refractivity contribution in [3.63, 3.8) is 0 Å². The first-order valence-electron chi connectivity index (χ1n) is 6.19. The van der Waals surface area contributed by atoms with Crippen LogP contribution in [0.25, 0.3) is 0 Å². The predicted octanol–water partition coefficient (Wildman–Crippen LogP) is 2.93. The molecule has 1 rings (SSSR count). The highest BCUT2D eigenvalue weighted by molar-refractivity contribution is 5.69. The summed E-state index contributed by atoms with van der Waals surface area (Å²) in [6.45, 7) is 5.00. The van der Waals surface area contributed by atoms with Crippen molar-refractivity contribution in [2.24, 2.45) is 0 Å². The van der Waals surface area contributed by atoms with Crippen molar-refractivity contribution in [3.8, 4) is 0 Å². The van der Waals surface area contributed by atoms with Gasteiger partial charge < -0.3 is 5.11 Å². The summed E-state index contributed by atoms with van der Waals surface area (Å²) in [6.07, 6.45) is 2.04. The lowest BCUT2D eigenvalue weighted by molar-refractivity contribution is -0.139. The fraction of sp³-hybridized carbons (Fsp3) is 0.500. The normalized spacial score (nSPS) is 12.6. The molecule has 1 aromatic carbocycles. The summed E-state index contributed by atoms with van der Waals surface area (Å²) in [5.41, 5.74) is 1.21. The molecule has 0 radical (unpaired) electrons. The fourth-order valence-corrected chi connectivity index (χ4v) is 2.12. The third kappa shape index (κ3) is 4.19. The molecular formula is C14H21NO2. The Morgan fingerprint density at radius 1 is 1.29 bits per heavy atom. The molecule has 0 spiro atoms. The van der Waals surface area contributed by atoms with Crippen molar-refractivity contribution in [1.82, 2.24) is 4.90 Å². The third-order valence-electron chi connectivity index (χ3n) is 2.93. The Balaban J connectivity index is 2.86. The van der Waals surface area contributed by atoms with E-state index < -0.39 is 5.97 Å². The Morgan fingerprint density at radius 2 is 1.94 bits per heavy atom.